The molecule has 0 amide bonds. The molecule has 1 aliphatic carbocycles. The molecule has 1 aliphatic rings. The average Bonchev–Trinajstić information content (AvgIpc) is 2.78. The van der Waals surface area contributed by atoms with Crippen molar-refractivity contribution in [1.82, 2.24) is 5.32 Å². The summed E-state index contributed by atoms with van der Waals surface area (Å²) >= 11 is 0. The summed E-state index contributed by atoms with van der Waals surface area (Å²) in [6, 6.07) is 2.10. The highest BCUT2D eigenvalue weighted by molar-refractivity contribution is 5.19. The van der Waals surface area contributed by atoms with Gasteiger partial charge in [0.05, 0.1) is 12.6 Å². The monoisotopic (exact) mass is 265 g/mol. The van der Waals surface area contributed by atoms with Crippen LogP contribution in [0.1, 0.15) is 56.1 Å². The normalized spacial score (nSPS) is 23.7. The molecule has 3 nitrogen and oxygen atoms in total. The van der Waals surface area contributed by atoms with Crippen molar-refractivity contribution in [2.24, 2.45) is 5.92 Å². The number of ether oxygens (including phenoxy) is 1. The molecule has 19 heavy (non-hydrogen) atoms. The molecule has 1 heterocycles. The number of aryl methyl sites for hydroxylation is 1. The van der Waals surface area contributed by atoms with Crippen molar-refractivity contribution < 1.29 is 9.15 Å². The maximum atomic E-state index is 6.03. The zero-order valence-electron chi connectivity index (χ0n) is 12.5. The van der Waals surface area contributed by atoms with Gasteiger partial charge in [-0.05, 0) is 44.4 Å². The Hall–Kier alpha value is -0.800. The van der Waals surface area contributed by atoms with E-state index in [9.17, 15) is 0 Å². The van der Waals surface area contributed by atoms with Gasteiger partial charge in [-0.25, -0.2) is 0 Å². The Morgan fingerprint density at radius 3 is 3.00 bits per heavy atom. The summed E-state index contributed by atoms with van der Waals surface area (Å²) in [4.78, 5) is 0. The summed E-state index contributed by atoms with van der Waals surface area (Å²) < 4.78 is 11.8. The van der Waals surface area contributed by atoms with Crippen molar-refractivity contribution in [3.05, 3.63) is 23.2 Å². The second-order valence-electron chi connectivity index (χ2n) is 5.72. The molecule has 0 spiro atoms. The third kappa shape index (κ3) is 4.08. The first-order chi connectivity index (χ1) is 9.22. The lowest BCUT2D eigenvalue weighted by Crippen LogP contribution is -2.22. The van der Waals surface area contributed by atoms with Gasteiger partial charge in [0.2, 0.25) is 0 Å². The van der Waals surface area contributed by atoms with Gasteiger partial charge in [0.1, 0.15) is 18.1 Å². The van der Waals surface area contributed by atoms with E-state index < -0.39 is 0 Å². The third-order valence-electron chi connectivity index (χ3n) is 4.18. The first-order valence-electron chi connectivity index (χ1n) is 7.57. The second kappa shape index (κ2) is 7.11. The van der Waals surface area contributed by atoms with Crippen LogP contribution in [0.3, 0.4) is 0 Å². The van der Waals surface area contributed by atoms with Crippen LogP contribution in [-0.2, 0) is 17.9 Å². The van der Waals surface area contributed by atoms with Gasteiger partial charge in [0.15, 0.2) is 0 Å². The maximum absolute atomic E-state index is 6.03. The fraction of sp³-hybridized carbons (Fsp3) is 0.750. The molecule has 2 atom stereocenters. The third-order valence-corrected chi connectivity index (χ3v) is 4.18. The Balaban J connectivity index is 1.83. The molecule has 1 fully saturated rings. The lowest BCUT2D eigenvalue weighted by atomic mass is 9.85. The van der Waals surface area contributed by atoms with Crippen LogP contribution in [0.25, 0.3) is 0 Å². The number of nitrogens with one attached hydrogen (secondary N) is 1. The predicted molar refractivity (Wildman–Crippen MR) is 77.0 cm³/mol. The SMILES string of the molecule is CCC1CCCC(OCc2cc(C)c(CNC)o2)C1. The average molecular weight is 265 g/mol. The largest absolute Gasteiger partial charge is 0.462 e. The van der Waals surface area contributed by atoms with Crippen molar-refractivity contribution in [1.29, 1.82) is 0 Å². The standard InChI is InChI=1S/C16H27NO2/c1-4-13-6-5-7-14(9-13)18-11-15-8-12(2)16(19-15)10-17-3/h8,13-14,17H,4-7,9-11H2,1-3H3. The topological polar surface area (TPSA) is 34.4 Å². The minimum Gasteiger partial charge on any atom is -0.462 e. The molecule has 3 heteroatoms. The van der Waals surface area contributed by atoms with Crippen molar-refractivity contribution in [2.45, 2.75) is 65.2 Å². The van der Waals surface area contributed by atoms with Crippen LogP contribution in [0.15, 0.2) is 10.5 Å². The molecule has 1 aromatic rings. The Morgan fingerprint density at radius 1 is 1.42 bits per heavy atom. The van der Waals surface area contributed by atoms with Gasteiger partial charge in [-0.3, -0.25) is 0 Å². The Kier molecular flexibility index (Phi) is 5.46. The molecule has 1 aromatic heterocycles. The van der Waals surface area contributed by atoms with E-state index >= 15 is 0 Å². The summed E-state index contributed by atoms with van der Waals surface area (Å²) in [6.07, 6.45) is 6.83. The van der Waals surface area contributed by atoms with E-state index in [0.29, 0.717) is 12.7 Å². The van der Waals surface area contributed by atoms with Gasteiger partial charge in [0.25, 0.3) is 0 Å². The van der Waals surface area contributed by atoms with Crippen LogP contribution >= 0.6 is 0 Å². The van der Waals surface area contributed by atoms with Gasteiger partial charge in [-0.15, -0.1) is 0 Å². The lowest BCUT2D eigenvalue weighted by molar-refractivity contribution is -0.00567. The lowest BCUT2D eigenvalue weighted by Gasteiger charge is -2.28. The highest BCUT2D eigenvalue weighted by atomic mass is 16.5. The number of furan rings is 1. The van der Waals surface area contributed by atoms with Crippen molar-refractivity contribution >= 4 is 0 Å². The molecule has 1 N–H and O–H groups in total. The van der Waals surface area contributed by atoms with Gasteiger partial charge >= 0.3 is 0 Å². The van der Waals surface area contributed by atoms with Crippen LogP contribution in [0, 0.1) is 12.8 Å². The summed E-state index contributed by atoms with van der Waals surface area (Å²) in [6.45, 7) is 5.78. The Labute approximate surface area is 116 Å². The van der Waals surface area contributed by atoms with E-state index in [1.807, 2.05) is 7.05 Å². The Morgan fingerprint density at radius 2 is 2.26 bits per heavy atom. The molecule has 0 aliphatic heterocycles. The molecule has 0 aromatic carbocycles. The van der Waals surface area contributed by atoms with E-state index in [4.69, 9.17) is 9.15 Å². The van der Waals surface area contributed by atoms with E-state index in [0.717, 1.165) is 24.0 Å². The Bertz CT molecular complexity index is 386. The van der Waals surface area contributed by atoms with Gasteiger partial charge in [0, 0.05) is 0 Å². The molecule has 2 rings (SSSR count). The molecule has 1 saturated carbocycles. The number of hydrogen-bond donors (Lipinski definition) is 1. The van der Waals surface area contributed by atoms with Crippen molar-refractivity contribution in [3.63, 3.8) is 0 Å². The number of rotatable bonds is 6. The smallest absolute Gasteiger partial charge is 0.130 e. The molecular weight excluding hydrogens is 238 g/mol. The zero-order valence-corrected chi connectivity index (χ0v) is 12.5. The number of hydrogen-bond acceptors (Lipinski definition) is 3. The van der Waals surface area contributed by atoms with Gasteiger partial charge in [-0.2, -0.15) is 0 Å². The zero-order chi connectivity index (χ0) is 13.7. The van der Waals surface area contributed by atoms with Crippen LogP contribution in [-0.4, -0.2) is 13.2 Å². The van der Waals surface area contributed by atoms with E-state index in [1.165, 1.54) is 37.7 Å². The molecule has 0 bridgehead atoms. The van der Waals surface area contributed by atoms with Crippen LogP contribution in [0.2, 0.25) is 0 Å². The van der Waals surface area contributed by atoms with E-state index in [-0.39, 0.29) is 0 Å². The van der Waals surface area contributed by atoms with Gasteiger partial charge in [-0.1, -0.05) is 26.2 Å². The fourth-order valence-corrected chi connectivity index (χ4v) is 2.96. The summed E-state index contributed by atoms with van der Waals surface area (Å²) in [5.74, 6) is 2.84. The first-order valence-corrected chi connectivity index (χ1v) is 7.57. The highest BCUT2D eigenvalue weighted by Crippen LogP contribution is 2.29. The van der Waals surface area contributed by atoms with Crippen molar-refractivity contribution in [3.8, 4) is 0 Å². The minimum atomic E-state index is 0.428. The second-order valence-corrected chi connectivity index (χ2v) is 5.72. The maximum Gasteiger partial charge on any atom is 0.130 e. The van der Waals surface area contributed by atoms with Crippen molar-refractivity contribution in [2.75, 3.05) is 7.05 Å². The predicted octanol–water partition coefficient (Wildman–Crippen LogP) is 3.79. The summed E-state index contributed by atoms with van der Waals surface area (Å²) in [7, 11) is 1.94. The summed E-state index contributed by atoms with van der Waals surface area (Å²) in [5, 5.41) is 3.12. The van der Waals surface area contributed by atoms with E-state index in [2.05, 4.69) is 25.2 Å². The van der Waals surface area contributed by atoms with Crippen LogP contribution < -0.4 is 5.32 Å². The molecule has 0 saturated heterocycles. The van der Waals surface area contributed by atoms with Crippen LogP contribution in [0.5, 0.6) is 0 Å². The van der Waals surface area contributed by atoms with Crippen LogP contribution in [0.4, 0.5) is 0 Å². The molecule has 108 valence electrons. The van der Waals surface area contributed by atoms with E-state index in [1.54, 1.807) is 0 Å². The molecule has 0 radical (unpaired) electrons. The fourth-order valence-electron chi connectivity index (χ4n) is 2.96. The quantitative estimate of drug-likeness (QED) is 0.849. The van der Waals surface area contributed by atoms with Gasteiger partial charge < -0.3 is 14.5 Å². The summed E-state index contributed by atoms with van der Waals surface area (Å²) in [5.41, 5.74) is 1.21. The first kappa shape index (κ1) is 14.6. The molecule has 2 unspecified atom stereocenters. The highest BCUT2D eigenvalue weighted by Gasteiger charge is 2.21. The minimum absolute atomic E-state index is 0.428. The molecular formula is C16H27NO2.